The summed E-state index contributed by atoms with van der Waals surface area (Å²) in [6, 6.07) is 16.4. The predicted octanol–water partition coefficient (Wildman–Crippen LogP) is 5.46. The molecule has 0 radical (unpaired) electrons. The smallest absolute Gasteiger partial charge is 0.276 e. The van der Waals surface area contributed by atoms with E-state index in [2.05, 4.69) is 0 Å². The molecule has 28 heavy (non-hydrogen) atoms. The van der Waals surface area contributed by atoms with Gasteiger partial charge < -0.3 is 0 Å². The molecule has 0 fully saturated rings. The molecule has 0 N–H and O–H groups in total. The quantitative estimate of drug-likeness (QED) is 0.265. The second kappa shape index (κ2) is 9.61. The minimum absolute atomic E-state index is 0.0668. The zero-order chi connectivity index (χ0) is 20.7. The summed E-state index contributed by atoms with van der Waals surface area (Å²) in [5.41, 5.74) is 1.99. The van der Waals surface area contributed by atoms with Crippen molar-refractivity contribution in [2.75, 3.05) is 0 Å². The minimum atomic E-state index is -0.468. The predicted molar refractivity (Wildman–Crippen MR) is 110 cm³/mol. The van der Waals surface area contributed by atoms with Crippen molar-refractivity contribution >= 4 is 17.5 Å². The molecule has 0 spiro atoms. The number of nitro benzene ring substituents is 1. The van der Waals surface area contributed by atoms with Crippen molar-refractivity contribution in [2.24, 2.45) is 5.92 Å². The Hall–Kier alpha value is -3.26. The third-order valence-electron chi connectivity index (χ3n) is 4.95. The van der Waals surface area contributed by atoms with E-state index < -0.39 is 10.8 Å². The lowest BCUT2D eigenvalue weighted by molar-refractivity contribution is -0.385. The van der Waals surface area contributed by atoms with Gasteiger partial charge in [-0.25, -0.2) is 0 Å². The van der Waals surface area contributed by atoms with E-state index >= 15 is 0 Å². The highest BCUT2D eigenvalue weighted by atomic mass is 16.6. The van der Waals surface area contributed by atoms with Crippen LogP contribution in [0.3, 0.4) is 0 Å². The minimum Gasteiger partial charge on any atom is -0.293 e. The summed E-state index contributed by atoms with van der Waals surface area (Å²) in [5, 5.41) is 21.0. The molecule has 1 unspecified atom stereocenters. The summed E-state index contributed by atoms with van der Waals surface area (Å²) < 4.78 is 0. The molecule has 2 rings (SSSR count). The molecule has 5 heteroatoms. The SMILES string of the molecule is CCC(C)c1ccc(/C=C(\C#N)C(=O)[C@H](C)Cc2ccccc2)c([N+](=O)[O-])c1. The second-order valence-electron chi connectivity index (χ2n) is 7.01. The first-order valence-electron chi connectivity index (χ1n) is 9.35. The fraction of sp³-hybridized carbons (Fsp3) is 0.304. The standard InChI is InChI=1S/C23H24N2O3/c1-4-16(2)19-10-11-20(22(14-19)25(27)28)13-21(15-24)23(26)17(3)12-18-8-6-5-7-9-18/h5-11,13-14,16-17H,4,12H2,1-3H3/b21-13+/t16?,17-/m1/s1. The monoisotopic (exact) mass is 376 g/mol. The first-order valence-corrected chi connectivity index (χ1v) is 9.35. The Morgan fingerprint density at radius 2 is 1.89 bits per heavy atom. The van der Waals surface area contributed by atoms with Crippen LogP contribution in [-0.4, -0.2) is 10.7 Å². The van der Waals surface area contributed by atoms with E-state index in [1.807, 2.05) is 56.3 Å². The lowest BCUT2D eigenvalue weighted by Crippen LogP contribution is -2.15. The van der Waals surface area contributed by atoms with E-state index in [0.29, 0.717) is 6.42 Å². The van der Waals surface area contributed by atoms with Crippen molar-refractivity contribution in [3.63, 3.8) is 0 Å². The first kappa shape index (κ1) is 21.0. The van der Waals surface area contributed by atoms with E-state index in [0.717, 1.165) is 17.5 Å². The second-order valence-corrected chi connectivity index (χ2v) is 7.01. The number of Topliss-reactive ketones (excluding diaryl/α,β-unsaturated/α-hetero) is 1. The fourth-order valence-electron chi connectivity index (χ4n) is 3.02. The first-order chi connectivity index (χ1) is 13.4. The maximum absolute atomic E-state index is 12.7. The fourth-order valence-corrected chi connectivity index (χ4v) is 3.02. The van der Waals surface area contributed by atoms with Crippen molar-refractivity contribution in [1.29, 1.82) is 5.26 Å². The summed E-state index contributed by atoms with van der Waals surface area (Å²) >= 11 is 0. The van der Waals surface area contributed by atoms with E-state index in [9.17, 15) is 20.2 Å². The highest BCUT2D eigenvalue weighted by Crippen LogP contribution is 2.28. The van der Waals surface area contributed by atoms with E-state index in [1.165, 1.54) is 12.1 Å². The molecule has 0 bridgehead atoms. The summed E-state index contributed by atoms with van der Waals surface area (Å²) in [4.78, 5) is 23.8. The Kier molecular flexibility index (Phi) is 7.22. The van der Waals surface area contributed by atoms with Gasteiger partial charge in [-0.2, -0.15) is 5.26 Å². The number of allylic oxidation sites excluding steroid dienone is 1. The number of ketones is 1. The molecule has 5 nitrogen and oxygen atoms in total. The largest absolute Gasteiger partial charge is 0.293 e. The molecule has 2 atom stereocenters. The summed E-state index contributed by atoms with van der Waals surface area (Å²) in [6.45, 7) is 5.79. The number of rotatable bonds is 8. The molecule has 0 aliphatic heterocycles. The van der Waals surface area contributed by atoms with Crippen LogP contribution in [0.5, 0.6) is 0 Å². The Morgan fingerprint density at radius 1 is 1.21 bits per heavy atom. The number of benzene rings is 2. The van der Waals surface area contributed by atoms with Gasteiger partial charge in [-0.3, -0.25) is 14.9 Å². The van der Waals surface area contributed by atoms with Gasteiger partial charge in [-0.15, -0.1) is 0 Å². The molecule has 2 aromatic rings. The van der Waals surface area contributed by atoms with Crippen molar-refractivity contribution in [2.45, 2.75) is 39.5 Å². The highest BCUT2D eigenvalue weighted by Gasteiger charge is 2.21. The van der Waals surface area contributed by atoms with Gasteiger partial charge in [-0.1, -0.05) is 57.2 Å². The van der Waals surface area contributed by atoms with Crippen LogP contribution in [0.4, 0.5) is 5.69 Å². The number of carbonyl (C=O) groups is 1. The molecular formula is C23H24N2O3. The Balaban J connectivity index is 2.33. The van der Waals surface area contributed by atoms with Crippen LogP contribution in [0.2, 0.25) is 0 Å². The van der Waals surface area contributed by atoms with E-state index in [-0.39, 0.29) is 28.5 Å². The van der Waals surface area contributed by atoms with Crippen LogP contribution in [0.1, 0.15) is 49.8 Å². The van der Waals surface area contributed by atoms with Gasteiger partial charge >= 0.3 is 0 Å². The molecule has 2 aromatic carbocycles. The Bertz CT molecular complexity index is 927. The van der Waals surface area contributed by atoms with Gasteiger partial charge in [0, 0.05) is 12.0 Å². The van der Waals surface area contributed by atoms with Crippen LogP contribution in [0.25, 0.3) is 6.08 Å². The number of hydrogen-bond donors (Lipinski definition) is 0. The zero-order valence-electron chi connectivity index (χ0n) is 16.4. The molecule has 0 aromatic heterocycles. The summed E-state index contributed by atoms with van der Waals surface area (Å²) in [6.07, 6.45) is 2.71. The van der Waals surface area contributed by atoms with Gasteiger partial charge in [-0.05, 0) is 42.0 Å². The number of nitro groups is 1. The van der Waals surface area contributed by atoms with Crippen molar-refractivity contribution < 1.29 is 9.72 Å². The average molecular weight is 376 g/mol. The van der Waals surface area contributed by atoms with Crippen molar-refractivity contribution in [1.82, 2.24) is 0 Å². The third-order valence-corrected chi connectivity index (χ3v) is 4.95. The topological polar surface area (TPSA) is 84.0 Å². The molecule has 144 valence electrons. The number of nitriles is 1. The third kappa shape index (κ3) is 5.14. The Labute approximate surface area is 165 Å². The van der Waals surface area contributed by atoms with Gasteiger partial charge in [0.15, 0.2) is 5.78 Å². The molecular weight excluding hydrogens is 352 g/mol. The molecule has 0 aliphatic rings. The van der Waals surface area contributed by atoms with Gasteiger partial charge in [0.1, 0.15) is 6.07 Å². The van der Waals surface area contributed by atoms with Crippen LogP contribution in [0, 0.1) is 27.4 Å². The number of carbonyl (C=O) groups excluding carboxylic acids is 1. The van der Waals surface area contributed by atoms with Crippen molar-refractivity contribution in [3.8, 4) is 6.07 Å². The molecule has 0 heterocycles. The van der Waals surface area contributed by atoms with Crippen LogP contribution >= 0.6 is 0 Å². The maximum atomic E-state index is 12.7. The summed E-state index contributed by atoms with van der Waals surface area (Å²) in [7, 11) is 0. The molecule has 0 aliphatic carbocycles. The van der Waals surface area contributed by atoms with Gasteiger partial charge in [0.2, 0.25) is 0 Å². The van der Waals surface area contributed by atoms with Crippen LogP contribution in [0.15, 0.2) is 54.1 Å². The molecule has 0 saturated carbocycles. The van der Waals surface area contributed by atoms with E-state index in [1.54, 1.807) is 13.0 Å². The highest BCUT2D eigenvalue weighted by molar-refractivity contribution is 6.04. The molecule has 0 amide bonds. The zero-order valence-corrected chi connectivity index (χ0v) is 16.4. The lowest BCUT2D eigenvalue weighted by atomic mass is 9.91. The number of nitrogens with zero attached hydrogens (tertiary/aromatic N) is 2. The average Bonchev–Trinajstić information content (AvgIpc) is 2.71. The van der Waals surface area contributed by atoms with E-state index in [4.69, 9.17) is 0 Å². The Morgan fingerprint density at radius 3 is 2.46 bits per heavy atom. The molecule has 0 saturated heterocycles. The maximum Gasteiger partial charge on any atom is 0.276 e. The van der Waals surface area contributed by atoms with Gasteiger partial charge in [0.05, 0.1) is 16.1 Å². The normalized spacial score (nSPS) is 13.4. The lowest BCUT2D eigenvalue weighted by Gasteiger charge is -2.11. The summed E-state index contributed by atoms with van der Waals surface area (Å²) in [5.74, 6) is -0.516. The number of hydrogen-bond acceptors (Lipinski definition) is 4. The van der Waals surface area contributed by atoms with Gasteiger partial charge in [0.25, 0.3) is 5.69 Å². The van der Waals surface area contributed by atoms with Crippen LogP contribution < -0.4 is 0 Å². The van der Waals surface area contributed by atoms with Crippen LogP contribution in [-0.2, 0) is 11.2 Å². The van der Waals surface area contributed by atoms with Crippen molar-refractivity contribution in [3.05, 3.63) is 80.9 Å².